The summed E-state index contributed by atoms with van der Waals surface area (Å²) < 4.78 is 12.3. The fraction of sp³-hybridized carbons (Fsp3) is 0.667. The van der Waals surface area contributed by atoms with Crippen LogP contribution in [0.5, 0.6) is 0 Å². The number of ketones is 1. The Labute approximate surface area is 279 Å². The molecule has 8 heteroatoms. The van der Waals surface area contributed by atoms with Crippen LogP contribution in [0.25, 0.3) is 0 Å². The van der Waals surface area contributed by atoms with E-state index in [2.05, 4.69) is 6.92 Å². The molecule has 3 N–H and O–H groups in total. The topological polar surface area (TPSA) is 130 Å². The number of benzene rings is 1. The molecule has 0 heterocycles. The van der Waals surface area contributed by atoms with Gasteiger partial charge in [-0.1, -0.05) is 109 Å². The van der Waals surface area contributed by atoms with Gasteiger partial charge in [-0.3, -0.25) is 9.59 Å². The summed E-state index contributed by atoms with van der Waals surface area (Å²) in [4.78, 5) is 41.6. The van der Waals surface area contributed by atoms with Gasteiger partial charge in [0.25, 0.3) is 0 Å². The predicted molar refractivity (Wildman–Crippen MR) is 178 cm³/mol. The summed E-state index contributed by atoms with van der Waals surface area (Å²) in [5.74, 6) is -3.16. The van der Waals surface area contributed by atoms with Crippen LogP contribution in [0.15, 0.2) is 53.6 Å². The first-order valence-corrected chi connectivity index (χ1v) is 17.8. The van der Waals surface area contributed by atoms with Gasteiger partial charge in [-0.05, 0) is 49.0 Å². The van der Waals surface area contributed by atoms with E-state index in [9.17, 15) is 29.7 Å². The summed E-state index contributed by atoms with van der Waals surface area (Å²) in [6.07, 6.45) is 11.1. The second-order valence-electron chi connectivity index (χ2n) is 15.2. The average Bonchev–Trinajstić information content (AvgIpc) is 3.44. The van der Waals surface area contributed by atoms with E-state index >= 15 is 0 Å². The Kier molecular flexibility index (Phi) is 10.3. The molecule has 2 saturated carbocycles. The van der Waals surface area contributed by atoms with Crippen LogP contribution in [0.4, 0.5) is 0 Å². The molecule has 8 atom stereocenters. The summed E-state index contributed by atoms with van der Waals surface area (Å²) in [6.45, 7) is 9.14. The fourth-order valence-corrected chi connectivity index (χ4v) is 9.48. The predicted octanol–water partition coefficient (Wildman–Crippen LogP) is 6.27. The van der Waals surface area contributed by atoms with Crippen molar-refractivity contribution in [3.8, 4) is 0 Å². The second kappa shape index (κ2) is 13.6. The van der Waals surface area contributed by atoms with Crippen LogP contribution in [0.2, 0.25) is 0 Å². The molecule has 1 unspecified atom stereocenters. The van der Waals surface area contributed by atoms with Crippen LogP contribution in [0, 0.1) is 28.6 Å². The number of allylic oxidation sites excluding steroid dienone is 1. The second-order valence-corrected chi connectivity index (χ2v) is 15.2. The van der Waals surface area contributed by atoms with Gasteiger partial charge in [-0.2, -0.15) is 0 Å². The molecule has 5 rings (SSSR count). The molecule has 0 saturated heterocycles. The van der Waals surface area contributed by atoms with Gasteiger partial charge in [-0.15, -0.1) is 0 Å². The smallest absolute Gasteiger partial charge is 0.338 e. The molecule has 1 aromatic carbocycles. The summed E-state index contributed by atoms with van der Waals surface area (Å²) in [6, 6.07) is 8.35. The van der Waals surface area contributed by atoms with E-state index in [0.29, 0.717) is 12.0 Å². The van der Waals surface area contributed by atoms with Crippen molar-refractivity contribution in [2.45, 2.75) is 129 Å². The fourth-order valence-electron chi connectivity index (χ4n) is 9.48. The highest BCUT2D eigenvalue weighted by Gasteiger charge is 2.83. The molecular weight excluding hydrogens is 596 g/mol. The largest absolute Gasteiger partial charge is 0.458 e. The zero-order valence-electron chi connectivity index (χ0n) is 28.8. The minimum absolute atomic E-state index is 0.0864. The Morgan fingerprint density at radius 3 is 2.21 bits per heavy atom. The lowest BCUT2D eigenvalue weighted by atomic mass is 9.59. The molecule has 47 heavy (non-hydrogen) atoms. The van der Waals surface area contributed by atoms with Crippen molar-refractivity contribution in [1.82, 2.24) is 0 Å². The third kappa shape index (κ3) is 5.72. The van der Waals surface area contributed by atoms with Crippen LogP contribution in [0.3, 0.4) is 0 Å². The van der Waals surface area contributed by atoms with Crippen molar-refractivity contribution in [3.05, 3.63) is 59.2 Å². The number of ether oxygens (including phenoxy) is 2. The standard InChI is InChI=1S/C39H54O8/c1-6-7-8-9-10-11-12-13-17-20-30(41)47-38-23-26(3)37-22-25(2)34(46-35(44)27-18-15-14-16-19-27)39(37,45)32(42)28(24-40)21-29(33(37)43)31(38)36(38,4)5/h14-16,18-19,21-22,26,29,31-32,34,40,42,45H,6-13,17,20,23-24H2,1-5H3/t26-,29?,31-,32-,34+,37+,38+,39+/m1/s1. The Morgan fingerprint density at radius 1 is 0.979 bits per heavy atom. The van der Waals surface area contributed by atoms with Crippen molar-refractivity contribution in [3.63, 3.8) is 0 Å². The molecule has 2 fully saturated rings. The van der Waals surface area contributed by atoms with Gasteiger partial charge in [-0.25, -0.2) is 4.79 Å². The highest BCUT2D eigenvalue weighted by atomic mass is 16.6. The van der Waals surface area contributed by atoms with Gasteiger partial charge in [0.15, 0.2) is 17.5 Å². The number of hydrogen-bond acceptors (Lipinski definition) is 8. The molecule has 1 aromatic rings. The maximum Gasteiger partial charge on any atom is 0.338 e. The zero-order chi connectivity index (χ0) is 34.2. The van der Waals surface area contributed by atoms with Crippen molar-refractivity contribution in [2.75, 3.05) is 6.61 Å². The number of rotatable bonds is 14. The van der Waals surface area contributed by atoms with E-state index in [0.717, 1.165) is 19.3 Å². The Hall–Kier alpha value is -2.81. The van der Waals surface area contributed by atoms with Crippen LogP contribution in [-0.4, -0.2) is 63.1 Å². The summed E-state index contributed by atoms with van der Waals surface area (Å²) in [5, 5.41) is 35.0. The summed E-state index contributed by atoms with van der Waals surface area (Å²) >= 11 is 0. The molecule has 0 aromatic heterocycles. The van der Waals surface area contributed by atoms with E-state index in [-0.39, 0.29) is 29.3 Å². The summed E-state index contributed by atoms with van der Waals surface area (Å²) in [7, 11) is 0. The molecule has 258 valence electrons. The van der Waals surface area contributed by atoms with Gasteiger partial charge < -0.3 is 24.8 Å². The van der Waals surface area contributed by atoms with Gasteiger partial charge in [0.05, 0.1) is 17.6 Å². The molecule has 0 radical (unpaired) electrons. The average molecular weight is 651 g/mol. The minimum atomic E-state index is -2.29. The van der Waals surface area contributed by atoms with Crippen molar-refractivity contribution >= 4 is 17.7 Å². The maximum atomic E-state index is 14.9. The number of Topliss-reactive ketones (excluding diaryl/α,β-unsaturated/α-hetero) is 1. The van der Waals surface area contributed by atoms with Crippen LogP contribution >= 0.6 is 0 Å². The molecular formula is C39H54O8. The first kappa shape index (κ1) is 35.5. The van der Waals surface area contributed by atoms with Crippen molar-refractivity contribution < 1.29 is 39.2 Å². The third-order valence-electron chi connectivity index (χ3n) is 12.0. The maximum absolute atomic E-state index is 14.9. The number of aliphatic hydroxyl groups is 3. The molecule has 0 amide bonds. The number of carbonyl (C=O) groups excluding carboxylic acids is 3. The van der Waals surface area contributed by atoms with Crippen LogP contribution in [0.1, 0.15) is 116 Å². The van der Waals surface area contributed by atoms with Gasteiger partial charge in [0.1, 0.15) is 11.7 Å². The first-order valence-electron chi connectivity index (χ1n) is 17.8. The number of carbonyl (C=O) groups is 3. The number of esters is 2. The van der Waals surface area contributed by atoms with E-state index < -0.39 is 64.6 Å². The highest BCUT2D eigenvalue weighted by molar-refractivity contribution is 5.96. The molecule has 4 aliphatic rings. The summed E-state index contributed by atoms with van der Waals surface area (Å²) in [5.41, 5.74) is -4.67. The number of hydrogen-bond donors (Lipinski definition) is 3. The molecule has 4 aliphatic carbocycles. The molecule has 1 spiro atoms. The Morgan fingerprint density at radius 2 is 1.60 bits per heavy atom. The van der Waals surface area contributed by atoms with Gasteiger partial charge in [0.2, 0.25) is 0 Å². The van der Waals surface area contributed by atoms with E-state index in [1.807, 2.05) is 20.8 Å². The SMILES string of the molecule is CCCCCCCCCCCC(=O)O[C@@]12C[C@@H](C)[C@]34C=C(C)[C@H](OC(=O)c5ccccc5)[C@@]3(O)[C@H](O)C(CO)=CC(C4=O)[C@@H]1C2(C)C. The van der Waals surface area contributed by atoms with E-state index in [4.69, 9.17) is 9.47 Å². The molecule has 2 bridgehead atoms. The van der Waals surface area contributed by atoms with Crippen LogP contribution < -0.4 is 0 Å². The molecule has 0 aliphatic heterocycles. The quantitative estimate of drug-likeness (QED) is 0.122. The van der Waals surface area contributed by atoms with Crippen LogP contribution in [-0.2, 0) is 19.1 Å². The normalized spacial score (nSPS) is 35.1. The van der Waals surface area contributed by atoms with Gasteiger partial charge in [0, 0.05) is 23.7 Å². The molecule has 8 nitrogen and oxygen atoms in total. The number of fused-ring (bicyclic) bond motifs is 3. The van der Waals surface area contributed by atoms with Gasteiger partial charge >= 0.3 is 11.9 Å². The minimum Gasteiger partial charge on any atom is -0.458 e. The monoisotopic (exact) mass is 650 g/mol. The zero-order valence-corrected chi connectivity index (χ0v) is 28.8. The Bertz CT molecular complexity index is 1400. The highest BCUT2D eigenvalue weighted by Crippen LogP contribution is 2.75. The van der Waals surface area contributed by atoms with Crippen molar-refractivity contribution in [1.29, 1.82) is 0 Å². The number of aliphatic hydroxyl groups excluding tert-OH is 2. The first-order chi connectivity index (χ1) is 22.3. The lowest BCUT2D eigenvalue weighted by Crippen LogP contribution is -2.66. The Balaban J connectivity index is 1.40. The lowest BCUT2D eigenvalue weighted by Gasteiger charge is -2.49. The third-order valence-corrected chi connectivity index (χ3v) is 12.0. The van der Waals surface area contributed by atoms with E-state index in [1.54, 1.807) is 49.4 Å². The van der Waals surface area contributed by atoms with E-state index in [1.165, 1.54) is 38.5 Å². The lowest BCUT2D eigenvalue weighted by molar-refractivity contribution is -0.192. The van der Waals surface area contributed by atoms with Crippen molar-refractivity contribution in [2.24, 2.45) is 28.6 Å². The number of unbranched alkanes of at least 4 members (excludes halogenated alkanes) is 8.